The van der Waals surface area contributed by atoms with Crippen molar-refractivity contribution in [2.45, 2.75) is 25.7 Å². The lowest BCUT2D eigenvalue weighted by atomic mass is 9.94. The van der Waals surface area contributed by atoms with Crippen LogP contribution in [0.3, 0.4) is 0 Å². The lowest BCUT2D eigenvalue weighted by Crippen LogP contribution is -2.21. The van der Waals surface area contributed by atoms with Crippen LogP contribution in [0.2, 0.25) is 0 Å². The third-order valence-electron chi connectivity index (χ3n) is 3.50. The van der Waals surface area contributed by atoms with Gasteiger partial charge in [-0.3, -0.25) is 4.79 Å². The molecule has 1 aliphatic rings. The van der Waals surface area contributed by atoms with Gasteiger partial charge in [0.15, 0.2) is 5.82 Å². The average Bonchev–Trinajstić information content (AvgIpc) is 2.46. The predicted octanol–water partition coefficient (Wildman–Crippen LogP) is 2.88. The van der Waals surface area contributed by atoms with E-state index in [0.29, 0.717) is 11.5 Å². The molecule has 0 spiro atoms. The Kier molecular flexibility index (Phi) is 3.53. The van der Waals surface area contributed by atoms with Crippen LogP contribution in [0.4, 0.5) is 0 Å². The molecule has 1 aromatic heterocycles. The molecule has 4 nitrogen and oxygen atoms in total. The van der Waals surface area contributed by atoms with Crippen LogP contribution in [-0.4, -0.2) is 15.9 Å². The second-order valence-corrected chi connectivity index (χ2v) is 5.82. The summed E-state index contributed by atoms with van der Waals surface area (Å²) in [5, 5.41) is 0. The van der Waals surface area contributed by atoms with Gasteiger partial charge in [-0.15, -0.1) is 0 Å². The number of hydrogen-bond donors (Lipinski definition) is 1. The molecule has 0 fully saturated rings. The number of nitrogens with zero attached hydrogens (tertiary/aromatic N) is 2. The molecule has 1 heterocycles. The first kappa shape index (κ1) is 13.2. The van der Waals surface area contributed by atoms with Crippen molar-refractivity contribution >= 4 is 21.8 Å². The number of halogens is 1. The molecule has 0 bridgehead atoms. The largest absolute Gasteiger partial charge is 0.364 e. The molecule has 20 heavy (non-hydrogen) atoms. The van der Waals surface area contributed by atoms with Gasteiger partial charge in [-0.25, -0.2) is 9.97 Å². The summed E-state index contributed by atoms with van der Waals surface area (Å²) in [7, 11) is 0. The molecule has 0 unspecified atom stereocenters. The standard InChI is InChI=1S/C15H14BrN3O/c16-10-5-3-4-9(8-10)15-18-12-7-2-1-6-11(12)13(19-15)14(17)20/h3-5,8H,1-2,6-7H2,(H2,17,20). The van der Waals surface area contributed by atoms with Gasteiger partial charge in [0.05, 0.1) is 0 Å². The van der Waals surface area contributed by atoms with E-state index in [1.165, 1.54) is 0 Å². The Morgan fingerprint density at radius 2 is 2.00 bits per heavy atom. The van der Waals surface area contributed by atoms with Gasteiger partial charge < -0.3 is 5.73 Å². The van der Waals surface area contributed by atoms with Gasteiger partial charge in [-0.05, 0) is 37.8 Å². The van der Waals surface area contributed by atoms with Crippen LogP contribution < -0.4 is 5.73 Å². The number of carbonyl (C=O) groups is 1. The van der Waals surface area contributed by atoms with Crippen molar-refractivity contribution in [1.29, 1.82) is 0 Å². The number of amides is 1. The molecule has 2 aromatic rings. The number of aromatic nitrogens is 2. The fraction of sp³-hybridized carbons (Fsp3) is 0.267. The molecule has 0 atom stereocenters. The highest BCUT2D eigenvalue weighted by Crippen LogP contribution is 2.26. The minimum absolute atomic E-state index is 0.379. The normalized spacial score (nSPS) is 13.8. The van der Waals surface area contributed by atoms with Crippen molar-refractivity contribution in [2.24, 2.45) is 5.73 Å². The SMILES string of the molecule is NC(=O)c1nc(-c2cccc(Br)c2)nc2c1CCCC2. The van der Waals surface area contributed by atoms with Crippen molar-refractivity contribution in [3.8, 4) is 11.4 Å². The van der Waals surface area contributed by atoms with E-state index in [4.69, 9.17) is 5.73 Å². The Morgan fingerprint density at radius 1 is 1.20 bits per heavy atom. The van der Waals surface area contributed by atoms with Gasteiger partial charge >= 0.3 is 0 Å². The number of primary amides is 1. The number of hydrogen-bond acceptors (Lipinski definition) is 3. The zero-order chi connectivity index (χ0) is 14.1. The fourth-order valence-corrected chi connectivity index (χ4v) is 2.95. The number of fused-ring (bicyclic) bond motifs is 1. The first-order valence-electron chi connectivity index (χ1n) is 6.60. The van der Waals surface area contributed by atoms with Gasteiger partial charge in [0.25, 0.3) is 5.91 Å². The molecular formula is C15H14BrN3O. The van der Waals surface area contributed by atoms with Gasteiger partial charge in [0.2, 0.25) is 0 Å². The molecule has 0 saturated carbocycles. The zero-order valence-electron chi connectivity index (χ0n) is 10.9. The first-order valence-corrected chi connectivity index (χ1v) is 7.40. The predicted molar refractivity (Wildman–Crippen MR) is 80.3 cm³/mol. The molecule has 0 saturated heterocycles. The Morgan fingerprint density at radius 3 is 2.75 bits per heavy atom. The summed E-state index contributed by atoms with van der Waals surface area (Å²) < 4.78 is 0.956. The van der Waals surface area contributed by atoms with Crippen LogP contribution in [0.15, 0.2) is 28.7 Å². The van der Waals surface area contributed by atoms with Crippen LogP contribution in [0.25, 0.3) is 11.4 Å². The van der Waals surface area contributed by atoms with Crippen LogP contribution in [-0.2, 0) is 12.8 Å². The highest BCUT2D eigenvalue weighted by atomic mass is 79.9. The van der Waals surface area contributed by atoms with E-state index in [-0.39, 0.29) is 0 Å². The summed E-state index contributed by atoms with van der Waals surface area (Å²) in [6, 6.07) is 7.73. The first-order chi connectivity index (χ1) is 9.65. The summed E-state index contributed by atoms with van der Waals surface area (Å²) >= 11 is 3.43. The Balaban J connectivity index is 2.17. The lowest BCUT2D eigenvalue weighted by Gasteiger charge is -2.17. The number of benzene rings is 1. The van der Waals surface area contributed by atoms with Crippen LogP contribution in [0.1, 0.15) is 34.6 Å². The Hall–Kier alpha value is -1.75. The topological polar surface area (TPSA) is 68.9 Å². The minimum Gasteiger partial charge on any atom is -0.364 e. The molecule has 102 valence electrons. The van der Waals surface area contributed by atoms with E-state index in [1.54, 1.807) is 0 Å². The summed E-state index contributed by atoms with van der Waals surface area (Å²) in [6.45, 7) is 0. The maximum absolute atomic E-state index is 11.6. The number of aryl methyl sites for hydroxylation is 1. The van der Waals surface area contributed by atoms with Gasteiger partial charge in [-0.2, -0.15) is 0 Å². The molecule has 0 radical (unpaired) electrons. The maximum atomic E-state index is 11.6. The second-order valence-electron chi connectivity index (χ2n) is 4.90. The van der Waals surface area contributed by atoms with Crippen molar-refractivity contribution in [2.75, 3.05) is 0 Å². The summed E-state index contributed by atoms with van der Waals surface area (Å²) in [5.74, 6) is 0.0996. The highest BCUT2D eigenvalue weighted by Gasteiger charge is 2.21. The molecule has 5 heteroatoms. The Labute approximate surface area is 125 Å². The third kappa shape index (κ3) is 2.45. The van der Waals surface area contributed by atoms with Crippen molar-refractivity contribution in [3.05, 3.63) is 45.7 Å². The van der Waals surface area contributed by atoms with Gasteiger partial charge in [0.1, 0.15) is 5.69 Å². The van der Waals surface area contributed by atoms with Crippen molar-refractivity contribution < 1.29 is 4.79 Å². The van der Waals surface area contributed by atoms with Gasteiger partial charge in [-0.1, -0.05) is 28.1 Å². The van der Waals surface area contributed by atoms with Crippen LogP contribution in [0.5, 0.6) is 0 Å². The van der Waals surface area contributed by atoms with E-state index in [2.05, 4.69) is 25.9 Å². The number of nitrogens with two attached hydrogens (primary N) is 1. The smallest absolute Gasteiger partial charge is 0.267 e. The molecule has 0 aliphatic heterocycles. The Bertz CT molecular complexity index is 685. The minimum atomic E-state index is -0.471. The number of carbonyl (C=O) groups excluding carboxylic acids is 1. The monoisotopic (exact) mass is 331 g/mol. The maximum Gasteiger partial charge on any atom is 0.267 e. The molecule has 2 N–H and O–H groups in total. The third-order valence-corrected chi connectivity index (χ3v) is 3.99. The van der Waals surface area contributed by atoms with E-state index < -0.39 is 5.91 Å². The van der Waals surface area contributed by atoms with Crippen LogP contribution >= 0.6 is 15.9 Å². The van der Waals surface area contributed by atoms with Crippen molar-refractivity contribution in [3.63, 3.8) is 0 Å². The van der Waals surface area contributed by atoms with E-state index >= 15 is 0 Å². The summed E-state index contributed by atoms with van der Waals surface area (Å²) in [6.07, 6.45) is 3.89. The fourth-order valence-electron chi connectivity index (χ4n) is 2.55. The van der Waals surface area contributed by atoms with Gasteiger partial charge in [0, 0.05) is 21.3 Å². The van der Waals surface area contributed by atoms with E-state index in [9.17, 15) is 4.79 Å². The summed E-state index contributed by atoms with van der Waals surface area (Å²) in [5.41, 5.74) is 8.64. The molecule has 1 amide bonds. The molecular weight excluding hydrogens is 318 g/mol. The van der Waals surface area contributed by atoms with Crippen molar-refractivity contribution in [1.82, 2.24) is 9.97 Å². The van der Waals surface area contributed by atoms with E-state index in [0.717, 1.165) is 47.0 Å². The van der Waals surface area contributed by atoms with E-state index in [1.807, 2.05) is 24.3 Å². The van der Waals surface area contributed by atoms with Crippen LogP contribution in [0, 0.1) is 0 Å². The summed E-state index contributed by atoms with van der Waals surface area (Å²) in [4.78, 5) is 20.7. The quantitative estimate of drug-likeness (QED) is 0.919. The molecule has 3 rings (SSSR count). The number of rotatable bonds is 2. The average molecular weight is 332 g/mol. The zero-order valence-corrected chi connectivity index (χ0v) is 12.5. The molecule has 1 aromatic carbocycles. The lowest BCUT2D eigenvalue weighted by molar-refractivity contribution is 0.0994. The second kappa shape index (κ2) is 5.32. The molecule has 1 aliphatic carbocycles. The highest BCUT2D eigenvalue weighted by molar-refractivity contribution is 9.10.